The third kappa shape index (κ3) is 21.8. The maximum Gasteiger partial charge on any atom is 0.475 e. The Morgan fingerprint density at radius 1 is 0.474 bits per heavy atom. The fourth-order valence-corrected chi connectivity index (χ4v) is 5.30. The summed E-state index contributed by atoms with van der Waals surface area (Å²) in [5, 5.41) is 0. The first-order valence-corrected chi connectivity index (χ1v) is 17.2. The van der Waals surface area contributed by atoms with Gasteiger partial charge in [0.2, 0.25) is 0 Å². The van der Waals surface area contributed by atoms with Crippen LogP contribution in [0.1, 0.15) is 119 Å². The molecule has 7 nitrogen and oxygen atoms in total. The van der Waals surface area contributed by atoms with E-state index >= 15 is 0 Å². The quantitative estimate of drug-likeness (QED) is 0.0635. The van der Waals surface area contributed by atoms with Crippen molar-refractivity contribution >= 4 is 7.82 Å². The SMILES string of the molecule is CCCCC(CC)COCCOP(=O)(OCCOCC(CC)CCCC)OCCOCC(CC)CCCC. The van der Waals surface area contributed by atoms with E-state index in [2.05, 4.69) is 41.5 Å². The van der Waals surface area contributed by atoms with Crippen LogP contribution in [0.2, 0.25) is 0 Å². The zero-order valence-corrected chi connectivity index (χ0v) is 26.8. The maximum atomic E-state index is 13.3. The van der Waals surface area contributed by atoms with Crippen molar-refractivity contribution in [3.05, 3.63) is 0 Å². The summed E-state index contributed by atoms with van der Waals surface area (Å²) in [5.74, 6) is 1.66. The fourth-order valence-electron chi connectivity index (χ4n) is 4.18. The minimum Gasteiger partial charge on any atom is -0.379 e. The van der Waals surface area contributed by atoms with E-state index in [1.54, 1.807) is 0 Å². The van der Waals surface area contributed by atoms with Gasteiger partial charge in [0.05, 0.1) is 39.6 Å². The van der Waals surface area contributed by atoms with Crippen molar-refractivity contribution in [1.82, 2.24) is 0 Å². The minimum atomic E-state index is -3.72. The number of phosphoric ester groups is 1. The number of unbranched alkanes of at least 4 members (excludes halogenated alkanes) is 3. The first-order chi connectivity index (χ1) is 18.5. The number of hydrogen-bond donors (Lipinski definition) is 0. The zero-order valence-electron chi connectivity index (χ0n) is 25.9. The molecule has 0 heterocycles. The van der Waals surface area contributed by atoms with Crippen LogP contribution in [0.15, 0.2) is 0 Å². The fraction of sp³-hybridized carbons (Fsp3) is 1.00. The summed E-state index contributed by atoms with van der Waals surface area (Å²) >= 11 is 0. The molecule has 0 spiro atoms. The van der Waals surface area contributed by atoms with Gasteiger partial charge >= 0.3 is 7.82 Å². The molecule has 38 heavy (non-hydrogen) atoms. The molecule has 8 heteroatoms. The normalized spacial score (nSPS) is 15.8. The largest absolute Gasteiger partial charge is 0.475 e. The van der Waals surface area contributed by atoms with Crippen LogP contribution in [0.5, 0.6) is 0 Å². The number of ether oxygens (including phenoxy) is 3. The molecule has 0 saturated heterocycles. The first kappa shape index (κ1) is 38.0. The average Bonchev–Trinajstić information content (AvgIpc) is 2.93. The minimum absolute atomic E-state index is 0.160. The molecule has 3 unspecified atom stereocenters. The Kier molecular flexibility index (Phi) is 27.2. The zero-order chi connectivity index (χ0) is 28.3. The highest BCUT2D eigenvalue weighted by Gasteiger charge is 2.27. The van der Waals surface area contributed by atoms with Gasteiger partial charge in [0, 0.05) is 19.8 Å². The molecule has 0 aliphatic heterocycles. The lowest BCUT2D eigenvalue weighted by molar-refractivity contribution is 0.0197. The van der Waals surface area contributed by atoms with Gasteiger partial charge in [-0.25, -0.2) is 4.57 Å². The van der Waals surface area contributed by atoms with Crippen molar-refractivity contribution in [3.8, 4) is 0 Å². The smallest absolute Gasteiger partial charge is 0.379 e. The summed E-state index contributed by atoms with van der Waals surface area (Å²) in [4.78, 5) is 0. The molecule has 0 aromatic rings. The Balaban J connectivity index is 4.53. The van der Waals surface area contributed by atoms with Gasteiger partial charge in [-0.1, -0.05) is 99.3 Å². The van der Waals surface area contributed by atoms with Crippen molar-refractivity contribution in [1.29, 1.82) is 0 Å². The maximum absolute atomic E-state index is 13.3. The summed E-state index contributed by atoms with van der Waals surface area (Å²) in [6, 6.07) is 0. The molecule has 0 aliphatic carbocycles. The summed E-state index contributed by atoms with van der Waals surface area (Å²) in [6.45, 7) is 16.8. The van der Waals surface area contributed by atoms with Crippen LogP contribution in [-0.4, -0.2) is 59.5 Å². The van der Waals surface area contributed by atoms with E-state index in [1.807, 2.05) is 0 Å². The predicted molar refractivity (Wildman–Crippen MR) is 158 cm³/mol. The highest BCUT2D eigenvalue weighted by atomic mass is 31.2. The second-order valence-corrected chi connectivity index (χ2v) is 12.1. The molecule has 0 bridgehead atoms. The molecule has 230 valence electrons. The molecule has 0 saturated carbocycles. The van der Waals surface area contributed by atoms with Crippen LogP contribution >= 0.6 is 7.82 Å². The lowest BCUT2D eigenvalue weighted by Crippen LogP contribution is -2.16. The molecule has 0 fully saturated rings. The number of phosphoric acid groups is 1. The topological polar surface area (TPSA) is 72.5 Å². The van der Waals surface area contributed by atoms with Crippen LogP contribution in [0.25, 0.3) is 0 Å². The molecular weight excluding hydrogens is 503 g/mol. The van der Waals surface area contributed by atoms with Crippen molar-refractivity contribution in [2.45, 2.75) is 119 Å². The predicted octanol–water partition coefficient (Wildman–Crippen LogP) is 8.84. The summed E-state index contributed by atoms with van der Waals surface area (Å²) < 4.78 is 47.5. The molecule has 3 atom stereocenters. The molecule has 0 rings (SSSR count). The summed E-state index contributed by atoms with van der Waals surface area (Å²) in [5.41, 5.74) is 0. The second-order valence-electron chi connectivity index (χ2n) is 10.4. The molecule has 0 aromatic heterocycles. The third-order valence-electron chi connectivity index (χ3n) is 7.12. The molecule has 0 amide bonds. The van der Waals surface area contributed by atoms with Crippen molar-refractivity contribution in [2.75, 3.05) is 59.5 Å². The second kappa shape index (κ2) is 27.2. The van der Waals surface area contributed by atoms with Gasteiger partial charge < -0.3 is 14.2 Å². The Morgan fingerprint density at radius 3 is 1.00 bits per heavy atom. The van der Waals surface area contributed by atoms with Gasteiger partial charge in [-0.15, -0.1) is 0 Å². The van der Waals surface area contributed by atoms with Gasteiger partial charge in [0.15, 0.2) is 0 Å². The van der Waals surface area contributed by atoms with Gasteiger partial charge in [-0.05, 0) is 37.0 Å². The van der Waals surface area contributed by atoms with E-state index in [0.717, 1.165) is 19.3 Å². The summed E-state index contributed by atoms with van der Waals surface area (Å²) in [7, 11) is -3.72. The van der Waals surface area contributed by atoms with Crippen molar-refractivity contribution in [2.24, 2.45) is 17.8 Å². The van der Waals surface area contributed by atoms with E-state index in [1.165, 1.54) is 57.8 Å². The van der Waals surface area contributed by atoms with Crippen LogP contribution in [-0.2, 0) is 32.3 Å². The van der Waals surface area contributed by atoms with E-state index in [4.69, 9.17) is 27.8 Å². The van der Waals surface area contributed by atoms with Gasteiger partial charge in [0.1, 0.15) is 0 Å². The van der Waals surface area contributed by atoms with Gasteiger partial charge in [0.25, 0.3) is 0 Å². The molecular formula is C30H63O7P. The highest BCUT2D eigenvalue weighted by molar-refractivity contribution is 7.48. The van der Waals surface area contributed by atoms with E-state index < -0.39 is 7.82 Å². The molecule has 0 aromatic carbocycles. The van der Waals surface area contributed by atoms with Crippen LogP contribution in [0.3, 0.4) is 0 Å². The van der Waals surface area contributed by atoms with Crippen LogP contribution in [0.4, 0.5) is 0 Å². The first-order valence-electron chi connectivity index (χ1n) is 15.7. The summed E-state index contributed by atoms with van der Waals surface area (Å²) in [6.07, 6.45) is 14.0. The number of hydrogen-bond acceptors (Lipinski definition) is 7. The van der Waals surface area contributed by atoms with E-state index in [0.29, 0.717) is 57.4 Å². The lowest BCUT2D eigenvalue weighted by Gasteiger charge is -2.20. The Labute approximate surface area is 236 Å². The Bertz CT molecular complexity index is 463. The molecule has 0 aliphatic rings. The van der Waals surface area contributed by atoms with Crippen molar-refractivity contribution in [3.63, 3.8) is 0 Å². The molecule has 0 N–H and O–H groups in total. The van der Waals surface area contributed by atoms with Crippen LogP contribution in [0, 0.1) is 17.8 Å². The van der Waals surface area contributed by atoms with Gasteiger partial charge in [-0.2, -0.15) is 0 Å². The number of rotatable bonds is 30. The Morgan fingerprint density at radius 2 is 0.763 bits per heavy atom. The van der Waals surface area contributed by atoms with E-state index in [9.17, 15) is 4.57 Å². The van der Waals surface area contributed by atoms with Gasteiger partial charge in [-0.3, -0.25) is 13.6 Å². The standard InChI is InChI=1S/C30H63O7P/c1-7-13-16-28(10-4)25-32-19-22-35-38(31,36-23-20-33-26-29(11-5)17-14-8-2)37-24-21-34-27-30(12-6)18-15-9-3/h28-30H,7-27H2,1-6H3. The van der Waals surface area contributed by atoms with E-state index in [-0.39, 0.29) is 19.8 Å². The monoisotopic (exact) mass is 566 g/mol. The van der Waals surface area contributed by atoms with Crippen molar-refractivity contribution < 1.29 is 32.3 Å². The average molecular weight is 567 g/mol. The van der Waals surface area contributed by atoms with Crippen LogP contribution < -0.4 is 0 Å². The lowest BCUT2D eigenvalue weighted by atomic mass is 10.0. The third-order valence-corrected chi connectivity index (χ3v) is 8.62. The Hall–Kier alpha value is -0.0100. The molecule has 0 radical (unpaired) electrons. The highest BCUT2D eigenvalue weighted by Crippen LogP contribution is 2.49.